The number of nitrogens with zero attached hydrogens (tertiary/aromatic N) is 1. The summed E-state index contributed by atoms with van der Waals surface area (Å²) in [7, 11) is 3.32. The molecule has 0 aliphatic heterocycles. The smallest absolute Gasteiger partial charge is 0.151 e. The summed E-state index contributed by atoms with van der Waals surface area (Å²) >= 11 is 0. The molecule has 8 aromatic rings. The Kier molecular flexibility index (Phi) is 11.0. The molecule has 0 aromatic heterocycles. The third-order valence-electron chi connectivity index (χ3n) is 9.36. The van der Waals surface area contributed by atoms with Crippen LogP contribution in [0.25, 0.3) is 11.1 Å². The van der Waals surface area contributed by atoms with Gasteiger partial charge in [-0.15, -0.1) is 0 Å². The lowest BCUT2D eigenvalue weighted by Gasteiger charge is -2.25. The first-order valence-electron chi connectivity index (χ1n) is 18.6. The molecule has 0 saturated carbocycles. The molecule has 8 aromatic carbocycles. The molecule has 8 rings (SSSR count). The van der Waals surface area contributed by atoms with Gasteiger partial charge in [0.25, 0.3) is 0 Å². The van der Waals surface area contributed by atoms with Gasteiger partial charge in [-0.2, -0.15) is 0 Å². The minimum atomic E-state index is 0.682. The minimum absolute atomic E-state index is 0.682. The van der Waals surface area contributed by atoms with Crippen molar-refractivity contribution in [3.8, 4) is 45.6 Å². The molecule has 57 heavy (non-hydrogen) atoms. The number of rotatable bonds is 14. The first kappa shape index (κ1) is 36.3. The van der Waals surface area contributed by atoms with Crippen LogP contribution in [-0.4, -0.2) is 14.2 Å². The van der Waals surface area contributed by atoms with Gasteiger partial charge in [-0.05, 0) is 151 Å². The Labute approximate surface area is 333 Å². The largest absolute Gasteiger partial charge is 0.497 e. The second-order valence-corrected chi connectivity index (χ2v) is 13.2. The number of methoxy groups -OCH3 is 2. The van der Waals surface area contributed by atoms with E-state index in [2.05, 4.69) is 100 Å². The molecule has 280 valence electrons. The highest BCUT2D eigenvalue weighted by Gasteiger charge is 2.13. The molecule has 0 fully saturated rings. The second kappa shape index (κ2) is 17.2. The summed E-state index contributed by atoms with van der Waals surface area (Å²) in [6.07, 6.45) is 0. The maximum absolute atomic E-state index is 6.46. The number of hydrogen-bond donors (Lipinski definition) is 2. The Hall–Kier alpha value is -7.64. The summed E-state index contributed by atoms with van der Waals surface area (Å²) in [5.41, 5.74) is 8.92. The Morgan fingerprint density at radius 3 is 1.25 bits per heavy atom. The lowest BCUT2D eigenvalue weighted by molar-refractivity contribution is 0.415. The number of nitrogens with one attached hydrogen (secondary N) is 2. The molecule has 0 radical (unpaired) electrons. The zero-order chi connectivity index (χ0) is 38.8. The number of ether oxygens (including phenoxy) is 4. The van der Waals surface area contributed by atoms with Crippen LogP contribution in [0.1, 0.15) is 0 Å². The summed E-state index contributed by atoms with van der Waals surface area (Å²) in [5.74, 6) is 4.51. The van der Waals surface area contributed by atoms with Gasteiger partial charge >= 0.3 is 0 Å². The van der Waals surface area contributed by atoms with Gasteiger partial charge in [0.15, 0.2) is 5.75 Å². The van der Waals surface area contributed by atoms with Gasteiger partial charge in [-0.25, -0.2) is 0 Å². The molecule has 0 saturated heterocycles. The van der Waals surface area contributed by atoms with E-state index in [0.717, 1.165) is 73.9 Å². The van der Waals surface area contributed by atoms with Gasteiger partial charge in [-0.1, -0.05) is 60.7 Å². The average Bonchev–Trinajstić information content (AvgIpc) is 3.27. The van der Waals surface area contributed by atoms with E-state index in [9.17, 15) is 0 Å². The van der Waals surface area contributed by atoms with Gasteiger partial charge in [0, 0.05) is 34.1 Å². The Balaban J connectivity index is 0.946. The van der Waals surface area contributed by atoms with Crippen LogP contribution in [-0.2, 0) is 0 Å². The summed E-state index contributed by atoms with van der Waals surface area (Å²) in [6.45, 7) is 0. The quantitative estimate of drug-likeness (QED) is 0.115. The van der Waals surface area contributed by atoms with Crippen molar-refractivity contribution < 1.29 is 18.9 Å². The molecule has 0 heterocycles. The van der Waals surface area contributed by atoms with Crippen molar-refractivity contribution in [2.45, 2.75) is 0 Å². The molecule has 0 spiro atoms. The van der Waals surface area contributed by atoms with Crippen LogP contribution in [0.2, 0.25) is 0 Å². The highest BCUT2D eigenvalue weighted by atomic mass is 16.5. The van der Waals surface area contributed by atoms with Crippen LogP contribution >= 0.6 is 0 Å². The maximum Gasteiger partial charge on any atom is 0.151 e. The molecule has 7 nitrogen and oxygen atoms in total. The fourth-order valence-electron chi connectivity index (χ4n) is 6.42. The molecular weight excluding hydrogens is 707 g/mol. The summed E-state index contributed by atoms with van der Waals surface area (Å²) in [4.78, 5) is 2.23. The predicted octanol–water partition coefficient (Wildman–Crippen LogP) is 13.9. The lowest BCUT2D eigenvalue weighted by atomic mass is 10.1. The summed E-state index contributed by atoms with van der Waals surface area (Å²) in [6, 6.07) is 66.7. The fraction of sp³-hybridized carbons (Fsp3) is 0.0400. The molecule has 0 bridgehead atoms. The van der Waals surface area contributed by atoms with Crippen LogP contribution in [0.15, 0.2) is 200 Å². The maximum atomic E-state index is 6.46. The van der Waals surface area contributed by atoms with Crippen LogP contribution in [0, 0.1) is 0 Å². The van der Waals surface area contributed by atoms with Crippen molar-refractivity contribution in [3.63, 3.8) is 0 Å². The molecule has 7 heteroatoms. The predicted molar refractivity (Wildman–Crippen MR) is 232 cm³/mol. The monoisotopic (exact) mass is 747 g/mol. The van der Waals surface area contributed by atoms with Crippen molar-refractivity contribution in [3.05, 3.63) is 200 Å². The molecule has 0 atom stereocenters. The number of anilines is 7. The van der Waals surface area contributed by atoms with Gasteiger partial charge < -0.3 is 34.5 Å². The van der Waals surface area contributed by atoms with E-state index in [4.69, 9.17) is 18.9 Å². The van der Waals surface area contributed by atoms with Crippen molar-refractivity contribution in [1.29, 1.82) is 0 Å². The lowest BCUT2D eigenvalue weighted by Crippen LogP contribution is -2.09. The van der Waals surface area contributed by atoms with E-state index >= 15 is 0 Å². The molecule has 0 unspecified atom stereocenters. The van der Waals surface area contributed by atoms with Crippen LogP contribution in [0.5, 0.6) is 34.5 Å². The first-order valence-corrected chi connectivity index (χ1v) is 18.6. The fourth-order valence-corrected chi connectivity index (χ4v) is 6.42. The van der Waals surface area contributed by atoms with Crippen molar-refractivity contribution in [2.24, 2.45) is 0 Å². The standard InChI is InChI=1S/C50H41N3O4/c1-54-44-28-17-38(18-29-44)51-40-21-34-50(49(35-40)52-39-19-30-45(55-2)31-20-39)57-48-26-15-37(16-27-48)36-13-24-46(25-14-36)56-47-32-22-43(23-33-47)53(41-9-5-3-6-10-41)42-11-7-4-8-12-42/h3-35,51-52H,1-2H3. The topological polar surface area (TPSA) is 64.2 Å². The Morgan fingerprint density at radius 1 is 0.351 bits per heavy atom. The van der Waals surface area contributed by atoms with Crippen LogP contribution < -0.4 is 34.5 Å². The molecule has 2 N–H and O–H groups in total. The third-order valence-corrected chi connectivity index (χ3v) is 9.36. The van der Waals surface area contributed by atoms with E-state index < -0.39 is 0 Å². The summed E-state index contributed by atoms with van der Waals surface area (Å²) in [5, 5.41) is 6.98. The van der Waals surface area contributed by atoms with Crippen LogP contribution in [0.3, 0.4) is 0 Å². The number of para-hydroxylation sites is 2. The highest BCUT2D eigenvalue weighted by molar-refractivity contribution is 5.77. The molecular formula is C50H41N3O4. The normalized spacial score (nSPS) is 10.6. The Morgan fingerprint density at radius 2 is 0.754 bits per heavy atom. The van der Waals surface area contributed by atoms with Gasteiger partial charge in [0.2, 0.25) is 0 Å². The van der Waals surface area contributed by atoms with Gasteiger partial charge in [-0.3, -0.25) is 0 Å². The van der Waals surface area contributed by atoms with E-state index in [1.165, 1.54) is 0 Å². The minimum Gasteiger partial charge on any atom is -0.497 e. The SMILES string of the molecule is COc1ccc(Nc2ccc(Oc3ccc(-c4ccc(Oc5ccc(N(c6ccccc6)c6ccccc6)cc5)cc4)cc3)c(Nc3ccc(OC)cc3)c2)cc1. The first-order chi connectivity index (χ1) is 28.1. The van der Waals surface area contributed by atoms with Gasteiger partial charge in [0.05, 0.1) is 19.9 Å². The molecule has 0 aliphatic rings. The van der Waals surface area contributed by atoms with Crippen molar-refractivity contribution in [1.82, 2.24) is 0 Å². The van der Waals surface area contributed by atoms with E-state index in [1.807, 2.05) is 115 Å². The zero-order valence-electron chi connectivity index (χ0n) is 31.6. The molecule has 0 aliphatic carbocycles. The van der Waals surface area contributed by atoms with Crippen molar-refractivity contribution in [2.75, 3.05) is 29.8 Å². The number of benzene rings is 8. The molecule has 0 amide bonds. The van der Waals surface area contributed by atoms with Gasteiger partial charge in [0.1, 0.15) is 28.7 Å². The summed E-state index contributed by atoms with van der Waals surface area (Å²) < 4.78 is 23.4. The third kappa shape index (κ3) is 9.02. The Bertz CT molecular complexity index is 2450. The van der Waals surface area contributed by atoms with E-state index in [0.29, 0.717) is 11.5 Å². The van der Waals surface area contributed by atoms with Crippen molar-refractivity contribution >= 4 is 39.8 Å². The second-order valence-electron chi connectivity index (χ2n) is 13.2. The average molecular weight is 748 g/mol. The highest BCUT2D eigenvalue weighted by Crippen LogP contribution is 2.38. The zero-order valence-corrected chi connectivity index (χ0v) is 31.6. The van der Waals surface area contributed by atoms with E-state index in [1.54, 1.807) is 14.2 Å². The number of hydrogen-bond acceptors (Lipinski definition) is 7. The van der Waals surface area contributed by atoms with E-state index in [-0.39, 0.29) is 0 Å². The van der Waals surface area contributed by atoms with Crippen LogP contribution in [0.4, 0.5) is 39.8 Å².